The standard InChI is InChI=1S/C18H22N2O3.ClH/c1-11-7-12(2)18(13(3)8-11)23-10-17(21)20-14-5-6-16(22-4)15(19)9-14;/h5-9H,10,19H2,1-4H3,(H,20,21);1H. The van der Waals surface area contributed by atoms with Crippen molar-refractivity contribution in [2.24, 2.45) is 0 Å². The average molecular weight is 351 g/mol. The number of benzene rings is 2. The van der Waals surface area contributed by atoms with Crippen LogP contribution in [0.1, 0.15) is 16.7 Å². The molecule has 0 bridgehead atoms. The first-order valence-electron chi connectivity index (χ1n) is 7.34. The summed E-state index contributed by atoms with van der Waals surface area (Å²) >= 11 is 0. The molecule has 5 nitrogen and oxygen atoms in total. The third-order valence-corrected chi connectivity index (χ3v) is 3.47. The third kappa shape index (κ3) is 4.80. The fourth-order valence-electron chi connectivity index (χ4n) is 2.54. The second-order valence-electron chi connectivity index (χ2n) is 5.52. The molecule has 6 heteroatoms. The second kappa shape index (κ2) is 8.45. The lowest BCUT2D eigenvalue weighted by molar-refractivity contribution is -0.118. The maximum atomic E-state index is 12.0. The molecule has 2 aromatic carbocycles. The summed E-state index contributed by atoms with van der Waals surface area (Å²) < 4.78 is 10.7. The number of nitrogens with one attached hydrogen (secondary N) is 1. The van der Waals surface area contributed by atoms with Crippen LogP contribution in [0.15, 0.2) is 30.3 Å². The van der Waals surface area contributed by atoms with E-state index in [-0.39, 0.29) is 24.9 Å². The van der Waals surface area contributed by atoms with Gasteiger partial charge in [0.25, 0.3) is 5.91 Å². The number of hydrogen-bond acceptors (Lipinski definition) is 4. The lowest BCUT2D eigenvalue weighted by Crippen LogP contribution is -2.20. The van der Waals surface area contributed by atoms with E-state index >= 15 is 0 Å². The van der Waals surface area contributed by atoms with E-state index in [1.165, 1.54) is 5.56 Å². The summed E-state index contributed by atoms with van der Waals surface area (Å²) in [5, 5.41) is 2.76. The summed E-state index contributed by atoms with van der Waals surface area (Å²) in [5.74, 6) is 1.08. The Labute approximate surface area is 148 Å². The SMILES string of the molecule is COc1ccc(NC(=O)COc2c(C)cc(C)cc2C)cc1N.Cl. The number of carbonyl (C=O) groups excluding carboxylic acids is 1. The number of rotatable bonds is 5. The molecule has 0 aliphatic rings. The van der Waals surface area contributed by atoms with Gasteiger partial charge in [0.15, 0.2) is 6.61 Å². The maximum absolute atomic E-state index is 12.0. The van der Waals surface area contributed by atoms with Crippen LogP contribution in [-0.2, 0) is 4.79 Å². The number of halogens is 1. The highest BCUT2D eigenvalue weighted by Gasteiger charge is 2.09. The molecular weight excluding hydrogens is 328 g/mol. The van der Waals surface area contributed by atoms with E-state index in [1.54, 1.807) is 25.3 Å². The van der Waals surface area contributed by atoms with Crippen LogP contribution in [0.4, 0.5) is 11.4 Å². The van der Waals surface area contributed by atoms with Gasteiger partial charge in [0.05, 0.1) is 12.8 Å². The number of carbonyl (C=O) groups is 1. The number of nitrogen functional groups attached to an aromatic ring is 1. The van der Waals surface area contributed by atoms with Crippen molar-refractivity contribution in [1.29, 1.82) is 0 Å². The fraction of sp³-hybridized carbons (Fsp3) is 0.278. The van der Waals surface area contributed by atoms with Gasteiger partial charge in [0.1, 0.15) is 11.5 Å². The van der Waals surface area contributed by atoms with Crippen LogP contribution in [0, 0.1) is 20.8 Å². The van der Waals surface area contributed by atoms with Crippen LogP contribution in [-0.4, -0.2) is 19.6 Å². The molecule has 24 heavy (non-hydrogen) atoms. The van der Waals surface area contributed by atoms with E-state index in [0.29, 0.717) is 17.1 Å². The molecule has 2 rings (SSSR count). The number of nitrogens with two attached hydrogens (primary N) is 1. The summed E-state index contributed by atoms with van der Waals surface area (Å²) in [6, 6.07) is 9.16. The Kier molecular flexibility index (Phi) is 6.92. The number of ether oxygens (including phenoxy) is 2. The lowest BCUT2D eigenvalue weighted by atomic mass is 10.1. The zero-order chi connectivity index (χ0) is 17.0. The quantitative estimate of drug-likeness (QED) is 0.807. The molecule has 0 atom stereocenters. The van der Waals surface area contributed by atoms with Crippen molar-refractivity contribution >= 4 is 29.7 Å². The summed E-state index contributed by atoms with van der Waals surface area (Å²) in [6.45, 7) is 5.91. The summed E-state index contributed by atoms with van der Waals surface area (Å²) in [4.78, 5) is 12.0. The van der Waals surface area contributed by atoms with E-state index < -0.39 is 0 Å². The first-order valence-corrected chi connectivity index (χ1v) is 7.34. The van der Waals surface area contributed by atoms with Gasteiger partial charge in [-0.3, -0.25) is 4.79 Å². The van der Waals surface area contributed by atoms with Gasteiger partial charge < -0.3 is 20.5 Å². The van der Waals surface area contributed by atoms with E-state index in [9.17, 15) is 4.79 Å². The molecule has 0 aromatic heterocycles. The monoisotopic (exact) mass is 350 g/mol. The van der Waals surface area contributed by atoms with Gasteiger partial charge in [-0.2, -0.15) is 0 Å². The van der Waals surface area contributed by atoms with E-state index in [1.807, 2.05) is 32.9 Å². The van der Waals surface area contributed by atoms with Crippen molar-refractivity contribution in [1.82, 2.24) is 0 Å². The van der Waals surface area contributed by atoms with Crippen LogP contribution in [0.3, 0.4) is 0 Å². The van der Waals surface area contributed by atoms with E-state index in [0.717, 1.165) is 16.9 Å². The molecule has 130 valence electrons. The van der Waals surface area contributed by atoms with Crippen LogP contribution >= 0.6 is 12.4 Å². The molecule has 0 heterocycles. The van der Waals surface area contributed by atoms with Crippen molar-refractivity contribution in [3.8, 4) is 11.5 Å². The summed E-state index contributed by atoms with van der Waals surface area (Å²) in [5.41, 5.74) is 10.1. The van der Waals surface area contributed by atoms with Gasteiger partial charge >= 0.3 is 0 Å². The maximum Gasteiger partial charge on any atom is 0.262 e. The number of anilines is 2. The summed E-state index contributed by atoms with van der Waals surface area (Å²) in [7, 11) is 1.55. The molecule has 0 unspecified atom stereocenters. The Bertz CT molecular complexity index is 709. The Balaban J connectivity index is 0.00000288. The van der Waals surface area contributed by atoms with Crippen molar-refractivity contribution in [2.75, 3.05) is 24.8 Å². The highest BCUT2D eigenvalue weighted by atomic mass is 35.5. The zero-order valence-electron chi connectivity index (χ0n) is 14.3. The van der Waals surface area contributed by atoms with Crippen molar-refractivity contribution in [3.63, 3.8) is 0 Å². The Morgan fingerprint density at radius 2 is 1.75 bits per heavy atom. The number of hydrogen-bond donors (Lipinski definition) is 2. The van der Waals surface area contributed by atoms with Crippen LogP contribution in [0.25, 0.3) is 0 Å². The van der Waals surface area contributed by atoms with Crippen molar-refractivity contribution in [2.45, 2.75) is 20.8 Å². The van der Waals surface area contributed by atoms with Gasteiger partial charge in [0, 0.05) is 5.69 Å². The predicted octanol–water partition coefficient (Wildman–Crippen LogP) is 3.64. The Hall–Kier alpha value is -2.40. The predicted molar refractivity (Wildman–Crippen MR) is 99.4 cm³/mol. The van der Waals surface area contributed by atoms with Crippen LogP contribution in [0.2, 0.25) is 0 Å². The minimum atomic E-state index is -0.242. The number of aryl methyl sites for hydroxylation is 3. The molecule has 0 aliphatic carbocycles. The highest BCUT2D eigenvalue weighted by Crippen LogP contribution is 2.26. The first kappa shape index (κ1) is 19.6. The first-order chi connectivity index (χ1) is 10.9. The second-order valence-corrected chi connectivity index (χ2v) is 5.52. The van der Waals surface area contributed by atoms with Gasteiger partial charge in [-0.1, -0.05) is 17.7 Å². The van der Waals surface area contributed by atoms with Gasteiger partial charge in [-0.15, -0.1) is 12.4 Å². The van der Waals surface area contributed by atoms with E-state index in [2.05, 4.69) is 5.32 Å². The van der Waals surface area contributed by atoms with E-state index in [4.69, 9.17) is 15.2 Å². The molecular formula is C18H23ClN2O3. The number of amides is 1. The third-order valence-electron chi connectivity index (χ3n) is 3.47. The molecule has 0 saturated heterocycles. The Morgan fingerprint density at radius 1 is 1.12 bits per heavy atom. The van der Waals surface area contributed by atoms with Gasteiger partial charge in [-0.05, 0) is 50.1 Å². The van der Waals surface area contributed by atoms with Crippen molar-refractivity contribution < 1.29 is 14.3 Å². The smallest absolute Gasteiger partial charge is 0.262 e. The normalized spacial score (nSPS) is 9.83. The summed E-state index contributed by atoms with van der Waals surface area (Å²) in [6.07, 6.45) is 0. The Morgan fingerprint density at radius 3 is 2.29 bits per heavy atom. The zero-order valence-corrected chi connectivity index (χ0v) is 15.1. The largest absolute Gasteiger partial charge is 0.495 e. The van der Waals surface area contributed by atoms with Crippen molar-refractivity contribution in [3.05, 3.63) is 47.0 Å². The molecule has 0 spiro atoms. The topological polar surface area (TPSA) is 73.6 Å². The molecule has 2 aromatic rings. The molecule has 1 amide bonds. The van der Waals surface area contributed by atoms with Crippen LogP contribution in [0.5, 0.6) is 11.5 Å². The van der Waals surface area contributed by atoms with Gasteiger partial charge in [0.2, 0.25) is 0 Å². The fourth-order valence-corrected chi connectivity index (χ4v) is 2.54. The van der Waals surface area contributed by atoms with Crippen LogP contribution < -0.4 is 20.5 Å². The van der Waals surface area contributed by atoms with Gasteiger partial charge in [-0.25, -0.2) is 0 Å². The molecule has 0 aliphatic heterocycles. The average Bonchev–Trinajstić information content (AvgIpc) is 2.46. The molecule has 0 radical (unpaired) electrons. The minimum absolute atomic E-state index is 0. The number of methoxy groups -OCH3 is 1. The minimum Gasteiger partial charge on any atom is -0.495 e. The molecule has 0 saturated carbocycles. The molecule has 0 fully saturated rings. The highest BCUT2D eigenvalue weighted by molar-refractivity contribution is 5.92. The molecule has 3 N–H and O–H groups in total. The lowest BCUT2D eigenvalue weighted by Gasteiger charge is -2.13.